The Balaban J connectivity index is 2.10. The quantitative estimate of drug-likeness (QED) is 0.784. The first-order chi connectivity index (χ1) is 9.38. The van der Waals surface area contributed by atoms with Gasteiger partial charge in [-0.3, -0.25) is 4.79 Å². The predicted molar refractivity (Wildman–Crippen MR) is 83.5 cm³/mol. The maximum atomic E-state index is 12.8. The average molecular weight is 298 g/mol. The molecule has 1 atom stereocenters. The van der Waals surface area contributed by atoms with Gasteiger partial charge in [0.1, 0.15) is 5.41 Å². The molecule has 0 aromatic heterocycles. The van der Waals surface area contributed by atoms with E-state index in [1.165, 1.54) is 12.8 Å². The second-order valence-corrected chi connectivity index (χ2v) is 7.26. The van der Waals surface area contributed by atoms with Crippen molar-refractivity contribution < 1.29 is 9.53 Å². The van der Waals surface area contributed by atoms with Gasteiger partial charge < -0.3 is 15.8 Å². The first-order valence-electron chi connectivity index (χ1n) is 7.57. The number of nitrogens with two attached hydrogens (primary N) is 1. The summed E-state index contributed by atoms with van der Waals surface area (Å²) in [6, 6.07) is 0.220. The van der Waals surface area contributed by atoms with Crippen molar-refractivity contribution in [1.29, 1.82) is 0 Å². The smallest absolute Gasteiger partial charge is 0.233 e. The van der Waals surface area contributed by atoms with E-state index >= 15 is 0 Å². The number of ether oxygens (including phenoxy) is 1. The highest BCUT2D eigenvalue weighted by Crippen LogP contribution is 2.37. The molecule has 3 N–H and O–H groups in total. The molecule has 1 unspecified atom stereocenters. The normalized spacial score (nSPS) is 28.6. The van der Waals surface area contributed by atoms with Gasteiger partial charge in [0.15, 0.2) is 0 Å². The Hall–Kier alpha value is -0.680. The molecule has 0 bridgehead atoms. The largest absolute Gasteiger partial charge is 0.392 e. The number of thiocarbonyl (C=S) groups is 1. The van der Waals surface area contributed by atoms with Gasteiger partial charge in [0.25, 0.3) is 0 Å². The zero-order valence-electron chi connectivity index (χ0n) is 12.5. The Bertz CT molecular complexity index is 389. The molecule has 20 heavy (non-hydrogen) atoms. The minimum Gasteiger partial charge on any atom is -0.392 e. The first kappa shape index (κ1) is 15.7. The molecule has 114 valence electrons. The predicted octanol–water partition coefficient (Wildman–Crippen LogP) is 2.15. The maximum Gasteiger partial charge on any atom is 0.233 e. The number of carbonyl (C=O) groups excluding carboxylic acids is 1. The summed E-state index contributed by atoms with van der Waals surface area (Å²) in [6.07, 6.45) is 5.82. The minimum absolute atomic E-state index is 0.00766. The van der Waals surface area contributed by atoms with Gasteiger partial charge in [-0.05, 0) is 31.1 Å². The molecule has 2 aliphatic rings. The third kappa shape index (κ3) is 2.98. The zero-order chi connectivity index (χ0) is 14.8. The monoisotopic (exact) mass is 298 g/mol. The van der Waals surface area contributed by atoms with Crippen LogP contribution in [0, 0.1) is 10.8 Å². The molecule has 1 aliphatic carbocycles. The molecule has 0 spiro atoms. The van der Waals surface area contributed by atoms with Gasteiger partial charge in [-0.2, -0.15) is 0 Å². The number of carbonyl (C=O) groups is 1. The van der Waals surface area contributed by atoms with E-state index in [0.29, 0.717) is 31.0 Å². The second-order valence-electron chi connectivity index (χ2n) is 6.82. The van der Waals surface area contributed by atoms with Gasteiger partial charge in [-0.15, -0.1) is 0 Å². The van der Waals surface area contributed by atoms with Crippen LogP contribution in [0.4, 0.5) is 0 Å². The molecular weight excluding hydrogens is 272 g/mol. The molecule has 1 amide bonds. The SMILES string of the molecule is CC1(C)CCCCC1NC(=O)C1(C(N)=S)CCOCC1. The number of rotatable bonds is 3. The molecule has 2 fully saturated rings. The molecular formula is C15H26N2O2S. The van der Waals surface area contributed by atoms with Crippen molar-refractivity contribution >= 4 is 23.1 Å². The molecule has 2 rings (SSSR count). The van der Waals surface area contributed by atoms with Crippen molar-refractivity contribution in [3.05, 3.63) is 0 Å². The van der Waals surface area contributed by atoms with Gasteiger partial charge in [-0.1, -0.05) is 38.9 Å². The van der Waals surface area contributed by atoms with E-state index in [1.54, 1.807) is 0 Å². The van der Waals surface area contributed by atoms with E-state index < -0.39 is 5.41 Å². The van der Waals surface area contributed by atoms with Crippen LogP contribution in [0.1, 0.15) is 52.4 Å². The molecule has 4 nitrogen and oxygen atoms in total. The summed E-state index contributed by atoms with van der Waals surface area (Å²) in [6.45, 7) is 5.57. The summed E-state index contributed by atoms with van der Waals surface area (Å²) < 4.78 is 5.36. The summed E-state index contributed by atoms with van der Waals surface area (Å²) in [5.74, 6) is 0.00766. The highest BCUT2D eigenvalue weighted by atomic mass is 32.1. The molecule has 1 aliphatic heterocycles. The third-order valence-electron chi connectivity index (χ3n) is 5.07. The van der Waals surface area contributed by atoms with Crippen LogP contribution in [-0.4, -0.2) is 30.2 Å². The van der Waals surface area contributed by atoms with E-state index in [4.69, 9.17) is 22.7 Å². The highest BCUT2D eigenvalue weighted by Gasteiger charge is 2.45. The van der Waals surface area contributed by atoms with E-state index in [-0.39, 0.29) is 17.4 Å². The minimum atomic E-state index is -0.707. The maximum absolute atomic E-state index is 12.8. The van der Waals surface area contributed by atoms with Gasteiger partial charge in [0.05, 0.1) is 4.99 Å². The summed E-state index contributed by atoms with van der Waals surface area (Å²) in [5.41, 5.74) is 5.33. The molecule has 1 saturated carbocycles. The van der Waals surface area contributed by atoms with Crippen LogP contribution in [0.25, 0.3) is 0 Å². The Kier molecular flexibility index (Phi) is 4.69. The van der Waals surface area contributed by atoms with Gasteiger partial charge in [-0.25, -0.2) is 0 Å². The number of amides is 1. The van der Waals surface area contributed by atoms with Crippen LogP contribution in [0.15, 0.2) is 0 Å². The van der Waals surface area contributed by atoms with Crippen molar-refractivity contribution in [2.45, 2.75) is 58.4 Å². The summed E-state index contributed by atoms with van der Waals surface area (Å²) in [4.78, 5) is 13.1. The lowest BCUT2D eigenvalue weighted by Crippen LogP contribution is -2.57. The van der Waals surface area contributed by atoms with Crippen molar-refractivity contribution in [1.82, 2.24) is 5.32 Å². The van der Waals surface area contributed by atoms with Gasteiger partial charge >= 0.3 is 0 Å². The average Bonchev–Trinajstić information content (AvgIpc) is 2.41. The Morgan fingerprint density at radius 3 is 2.45 bits per heavy atom. The van der Waals surface area contributed by atoms with Crippen LogP contribution in [-0.2, 0) is 9.53 Å². The standard InChI is InChI=1S/C15H26N2O2S/c1-14(2)6-4-3-5-11(14)17-13(18)15(12(16)20)7-9-19-10-8-15/h11H,3-10H2,1-2H3,(H2,16,20)(H,17,18). The van der Waals surface area contributed by atoms with Crippen LogP contribution in [0.2, 0.25) is 0 Å². The van der Waals surface area contributed by atoms with Crippen LogP contribution >= 0.6 is 12.2 Å². The van der Waals surface area contributed by atoms with Crippen molar-refractivity contribution in [3.63, 3.8) is 0 Å². The number of nitrogens with one attached hydrogen (secondary N) is 1. The van der Waals surface area contributed by atoms with E-state index in [0.717, 1.165) is 12.8 Å². The summed E-state index contributed by atoms with van der Waals surface area (Å²) in [5, 5.41) is 3.24. The fourth-order valence-electron chi connectivity index (χ4n) is 3.36. The molecule has 1 saturated heterocycles. The van der Waals surface area contributed by atoms with Crippen molar-refractivity contribution in [2.24, 2.45) is 16.6 Å². The van der Waals surface area contributed by atoms with Crippen molar-refractivity contribution in [3.8, 4) is 0 Å². The highest BCUT2D eigenvalue weighted by molar-refractivity contribution is 7.80. The van der Waals surface area contributed by atoms with E-state index in [1.807, 2.05) is 0 Å². The fraction of sp³-hybridized carbons (Fsp3) is 0.867. The van der Waals surface area contributed by atoms with Gasteiger partial charge in [0.2, 0.25) is 5.91 Å². The third-order valence-corrected chi connectivity index (χ3v) is 5.46. The second kappa shape index (κ2) is 5.98. The van der Waals surface area contributed by atoms with Crippen molar-refractivity contribution in [2.75, 3.05) is 13.2 Å². The zero-order valence-corrected chi connectivity index (χ0v) is 13.4. The molecule has 1 heterocycles. The lowest BCUT2D eigenvalue weighted by molar-refractivity contribution is -0.133. The molecule has 5 heteroatoms. The van der Waals surface area contributed by atoms with Gasteiger partial charge in [0, 0.05) is 19.3 Å². The molecule has 0 radical (unpaired) electrons. The number of hydrogen-bond donors (Lipinski definition) is 2. The lowest BCUT2D eigenvalue weighted by Gasteiger charge is -2.42. The first-order valence-corrected chi connectivity index (χ1v) is 7.98. The molecule has 0 aromatic carbocycles. The topological polar surface area (TPSA) is 64.4 Å². The Labute approximate surface area is 126 Å². The Morgan fingerprint density at radius 2 is 1.90 bits per heavy atom. The van der Waals surface area contributed by atoms with E-state index in [2.05, 4.69) is 19.2 Å². The van der Waals surface area contributed by atoms with Crippen LogP contribution < -0.4 is 11.1 Å². The number of hydrogen-bond acceptors (Lipinski definition) is 3. The summed E-state index contributed by atoms with van der Waals surface area (Å²) >= 11 is 5.19. The summed E-state index contributed by atoms with van der Waals surface area (Å²) in [7, 11) is 0. The van der Waals surface area contributed by atoms with Crippen LogP contribution in [0.5, 0.6) is 0 Å². The van der Waals surface area contributed by atoms with Crippen LogP contribution in [0.3, 0.4) is 0 Å². The molecule has 0 aromatic rings. The lowest BCUT2D eigenvalue weighted by atomic mass is 9.72. The fourth-order valence-corrected chi connectivity index (χ4v) is 3.66. The Morgan fingerprint density at radius 1 is 1.25 bits per heavy atom. The van der Waals surface area contributed by atoms with E-state index in [9.17, 15) is 4.79 Å².